The number of nitrogens with zero attached hydrogens (tertiary/aromatic N) is 1. The number of aromatic hydroxyl groups is 1. The maximum absolute atomic E-state index is 14.2. The van der Waals surface area contributed by atoms with E-state index >= 15 is 0 Å². The predicted molar refractivity (Wildman–Crippen MR) is 120 cm³/mol. The second kappa shape index (κ2) is 9.95. The number of rotatable bonds is 7. The number of guanidine groups is 1. The molecule has 0 radical (unpaired) electrons. The molecule has 3 N–H and O–H groups in total. The Morgan fingerprint density at radius 3 is 2.57 bits per heavy atom. The number of benzene rings is 2. The van der Waals surface area contributed by atoms with Gasteiger partial charge in [-0.1, -0.05) is 30.3 Å². The SMILES string of the molecule is CCNC(=NCc1cccc(OC)c1O)NCC1(c2ccccc2F)CC1.I. The third kappa shape index (κ3) is 5.06. The number of ether oxygens (including phenoxy) is 1. The number of para-hydroxylation sites is 1. The zero-order valence-electron chi connectivity index (χ0n) is 16.2. The van der Waals surface area contributed by atoms with E-state index in [1.54, 1.807) is 12.1 Å². The van der Waals surface area contributed by atoms with Crippen molar-refractivity contribution < 1.29 is 14.2 Å². The number of hydrogen-bond donors (Lipinski definition) is 3. The van der Waals surface area contributed by atoms with Crippen molar-refractivity contribution in [2.45, 2.75) is 31.7 Å². The molecule has 0 saturated heterocycles. The fourth-order valence-corrected chi connectivity index (χ4v) is 3.20. The fourth-order valence-electron chi connectivity index (χ4n) is 3.20. The van der Waals surface area contributed by atoms with Crippen molar-refractivity contribution in [1.82, 2.24) is 10.6 Å². The Kier molecular flexibility index (Phi) is 7.91. The molecule has 1 aliphatic rings. The zero-order chi connectivity index (χ0) is 19.3. The highest BCUT2D eigenvalue weighted by molar-refractivity contribution is 14.0. The number of hydrogen-bond acceptors (Lipinski definition) is 3. The lowest BCUT2D eigenvalue weighted by atomic mass is 9.95. The quantitative estimate of drug-likeness (QED) is 0.307. The molecule has 1 fully saturated rings. The molecular weight excluding hydrogens is 472 g/mol. The summed E-state index contributed by atoms with van der Waals surface area (Å²) in [4.78, 5) is 4.55. The normalized spacial score (nSPS) is 14.8. The van der Waals surface area contributed by atoms with E-state index in [1.165, 1.54) is 13.2 Å². The molecule has 1 aliphatic carbocycles. The largest absolute Gasteiger partial charge is 0.504 e. The second-order valence-electron chi connectivity index (χ2n) is 6.78. The number of phenolic OH excluding ortho intramolecular Hbond substituents is 1. The van der Waals surface area contributed by atoms with Gasteiger partial charge in [-0.05, 0) is 37.5 Å². The van der Waals surface area contributed by atoms with Gasteiger partial charge in [0.2, 0.25) is 0 Å². The van der Waals surface area contributed by atoms with Gasteiger partial charge in [-0.3, -0.25) is 0 Å². The first-order valence-corrected chi connectivity index (χ1v) is 9.21. The van der Waals surface area contributed by atoms with Crippen molar-refractivity contribution in [3.05, 3.63) is 59.4 Å². The van der Waals surface area contributed by atoms with Gasteiger partial charge in [0.25, 0.3) is 0 Å². The molecule has 2 aromatic rings. The van der Waals surface area contributed by atoms with Gasteiger partial charge in [0.1, 0.15) is 5.82 Å². The lowest BCUT2D eigenvalue weighted by molar-refractivity contribution is 0.370. The number of methoxy groups -OCH3 is 1. The summed E-state index contributed by atoms with van der Waals surface area (Å²) in [6.07, 6.45) is 1.91. The summed E-state index contributed by atoms with van der Waals surface area (Å²) in [6, 6.07) is 12.3. The average molecular weight is 499 g/mol. The van der Waals surface area contributed by atoms with Crippen LogP contribution < -0.4 is 15.4 Å². The molecule has 0 aromatic heterocycles. The summed E-state index contributed by atoms with van der Waals surface area (Å²) >= 11 is 0. The van der Waals surface area contributed by atoms with Crippen molar-refractivity contribution in [2.75, 3.05) is 20.2 Å². The van der Waals surface area contributed by atoms with Crippen LogP contribution in [0.15, 0.2) is 47.5 Å². The Morgan fingerprint density at radius 1 is 1.18 bits per heavy atom. The fraction of sp³-hybridized carbons (Fsp3) is 0.381. The van der Waals surface area contributed by atoms with Crippen molar-refractivity contribution in [3.8, 4) is 11.5 Å². The Balaban J connectivity index is 0.00000280. The molecule has 7 heteroatoms. The molecule has 28 heavy (non-hydrogen) atoms. The van der Waals surface area contributed by atoms with Crippen LogP contribution in [0.4, 0.5) is 4.39 Å². The molecule has 0 aliphatic heterocycles. The third-order valence-corrected chi connectivity index (χ3v) is 4.95. The first-order valence-electron chi connectivity index (χ1n) is 9.21. The predicted octanol–water partition coefficient (Wildman–Crippen LogP) is 3.94. The topological polar surface area (TPSA) is 65.9 Å². The number of phenols is 1. The van der Waals surface area contributed by atoms with E-state index in [-0.39, 0.29) is 41.0 Å². The minimum absolute atomic E-state index is 0. The second-order valence-corrected chi connectivity index (χ2v) is 6.78. The van der Waals surface area contributed by atoms with Crippen molar-refractivity contribution >= 4 is 29.9 Å². The summed E-state index contributed by atoms with van der Waals surface area (Å²) in [5.74, 6) is 1.02. The summed E-state index contributed by atoms with van der Waals surface area (Å²) in [5.41, 5.74) is 1.28. The van der Waals surface area contributed by atoms with E-state index in [0.29, 0.717) is 36.9 Å². The Labute approximate surface area is 182 Å². The van der Waals surface area contributed by atoms with Crippen LogP contribution in [0.5, 0.6) is 11.5 Å². The van der Waals surface area contributed by atoms with E-state index in [1.807, 2.05) is 31.2 Å². The van der Waals surface area contributed by atoms with Gasteiger partial charge in [0, 0.05) is 24.1 Å². The van der Waals surface area contributed by atoms with E-state index in [4.69, 9.17) is 4.74 Å². The van der Waals surface area contributed by atoms with Crippen LogP contribution in [0.2, 0.25) is 0 Å². The van der Waals surface area contributed by atoms with Gasteiger partial charge in [0.15, 0.2) is 17.5 Å². The highest BCUT2D eigenvalue weighted by Gasteiger charge is 2.45. The van der Waals surface area contributed by atoms with E-state index in [0.717, 1.165) is 18.4 Å². The van der Waals surface area contributed by atoms with Crippen molar-refractivity contribution in [1.29, 1.82) is 0 Å². The Hall–Kier alpha value is -2.03. The monoisotopic (exact) mass is 499 g/mol. The molecule has 5 nitrogen and oxygen atoms in total. The van der Waals surface area contributed by atoms with Crippen LogP contribution >= 0.6 is 24.0 Å². The molecule has 0 bridgehead atoms. The molecular formula is C21H27FIN3O2. The number of aliphatic imine (C=N–C) groups is 1. The van der Waals surface area contributed by atoms with Crippen molar-refractivity contribution in [2.24, 2.45) is 4.99 Å². The standard InChI is InChI=1S/C21H26FN3O2.HI/c1-3-23-20(24-13-15-7-6-10-18(27-2)19(15)26)25-14-21(11-12-21)16-8-4-5-9-17(16)22;/h4-10,26H,3,11-14H2,1-2H3,(H2,23,24,25);1H. The maximum atomic E-state index is 14.2. The highest BCUT2D eigenvalue weighted by atomic mass is 127. The first kappa shape index (κ1) is 22.3. The number of nitrogens with one attached hydrogen (secondary N) is 2. The van der Waals surface area contributed by atoms with Crippen LogP contribution in [0.3, 0.4) is 0 Å². The van der Waals surface area contributed by atoms with Gasteiger partial charge in [-0.15, -0.1) is 24.0 Å². The minimum Gasteiger partial charge on any atom is -0.504 e. The van der Waals surface area contributed by atoms with Gasteiger partial charge in [0.05, 0.1) is 13.7 Å². The first-order chi connectivity index (χ1) is 13.1. The van der Waals surface area contributed by atoms with E-state index in [9.17, 15) is 9.50 Å². The van der Waals surface area contributed by atoms with Crippen LogP contribution in [0.25, 0.3) is 0 Å². The average Bonchev–Trinajstić information content (AvgIpc) is 3.46. The summed E-state index contributed by atoms with van der Waals surface area (Å²) in [6.45, 7) is 3.63. The third-order valence-electron chi connectivity index (χ3n) is 4.95. The molecule has 0 heterocycles. The van der Waals surface area contributed by atoms with Crippen LogP contribution in [0, 0.1) is 5.82 Å². The molecule has 1 saturated carbocycles. The molecule has 3 rings (SSSR count). The van der Waals surface area contributed by atoms with Crippen LogP contribution in [-0.4, -0.2) is 31.3 Å². The highest BCUT2D eigenvalue weighted by Crippen LogP contribution is 2.48. The van der Waals surface area contributed by atoms with Crippen LogP contribution in [-0.2, 0) is 12.0 Å². The molecule has 0 amide bonds. The van der Waals surface area contributed by atoms with Gasteiger partial charge in [-0.2, -0.15) is 0 Å². The van der Waals surface area contributed by atoms with Crippen molar-refractivity contribution in [3.63, 3.8) is 0 Å². The Bertz CT molecular complexity index is 825. The minimum atomic E-state index is -0.167. The number of halogens is 2. The zero-order valence-corrected chi connectivity index (χ0v) is 18.5. The smallest absolute Gasteiger partial charge is 0.191 e. The van der Waals surface area contributed by atoms with E-state index < -0.39 is 0 Å². The van der Waals surface area contributed by atoms with E-state index in [2.05, 4.69) is 15.6 Å². The summed E-state index contributed by atoms with van der Waals surface area (Å²) < 4.78 is 19.3. The molecule has 0 spiro atoms. The van der Waals surface area contributed by atoms with Gasteiger partial charge >= 0.3 is 0 Å². The lowest BCUT2D eigenvalue weighted by Gasteiger charge is -2.19. The summed E-state index contributed by atoms with van der Waals surface area (Å²) in [5, 5.41) is 16.7. The van der Waals surface area contributed by atoms with Crippen LogP contribution in [0.1, 0.15) is 30.9 Å². The summed E-state index contributed by atoms with van der Waals surface area (Å²) in [7, 11) is 1.52. The van der Waals surface area contributed by atoms with Gasteiger partial charge in [-0.25, -0.2) is 9.38 Å². The molecule has 152 valence electrons. The van der Waals surface area contributed by atoms with Gasteiger partial charge < -0.3 is 20.5 Å². The maximum Gasteiger partial charge on any atom is 0.191 e. The molecule has 2 aromatic carbocycles. The Morgan fingerprint density at radius 2 is 1.93 bits per heavy atom. The molecule has 0 unspecified atom stereocenters. The lowest BCUT2D eigenvalue weighted by Crippen LogP contribution is -2.41. The molecule has 0 atom stereocenters.